The average molecular weight is 399 g/mol. The van der Waals surface area contributed by atoms with Crippen molar-refractivity contribution in [2.45, 2.75) is 6.42 Å². The number of benzene rings is 2. The summed E-state index contributed by atoms with van der Waals surface area (Å²) in [5.41, 5.74) is 1.13. The van der Waals surface area contributed by atoms with E-state index >= 15 is 0 Å². The van der Waals surface area contributed by atoms with Gasteiger partial charge in [-0.05, 0) is 58.2 Å². The molecule has 0 spiro atoms. The molecular weight excluding hydrogens is 382 g/mol. The van der Waals surface area contributed by atoms with Crippen molar-refractivity contribution in [1.82, 2.24) is 5.32 Å². The lowest BCUT2D eigenvalue weighted by atomic mass is 10.1. The summed E-state index contributed by atoms with van der Waals surface area (Å²) in [7, 11) is 1.63. The van der Waals surface area contributed by atoms with Crippen molar-refractivity contribution in [3.05, 3.63) is 57.5 Å². The molecule has 1 N–H and O–H groups in total. The summed E-state index contributed by atoms with van der Waals surface area (Å²) in [5.74, 6) is 1.24. The van der Waals surface area contributed by atoms with Crippen LogP contribution >= 0.6 is 27.5 Å². The van der Waals surface area contributed by atoms with Crippen LogP contribution < -0.4 is 14.8 Å². The predicted molar refractivity (Wildman–Crippen MR) is 94.4 cm³/mol. The molecule has 4 nitrogen and oxygen atoms in total. The van der Waals surface area contributed by atoms with Gasteiger partial charge in [-0.3, -0.25) is 4.79 Å². The zero-order chi connectivity index (χ0) is 16.7. The molecule has 0 radical (unpaired) electrons. The molecule has 2 aromatic rings. The zero-order valence-electron chi connectivity index (χ0n) is 12.6. The van der Waals surface area contributed by atoms with E-state index in [1.807, 2.05) is 24.3 Å². The third-order valence-electron chi connectivity index (χ3n) is 3.15. The number of ether oxygens (including phenoxy) is 2. The number of amides is 1. The van der Waals surface area contributed by atoms with Crippen molar-refractivity contribution >= 4 is 33.4 Å². The van der Waals surface area contributed by atoms with E-state index in [-0.39, 0.29) is 12.5 Å². The molecule has 0 aromatic heterocycles. The van der Waals surface area contributed by atoms with E-state index in [4.69, 9.17) is 21.1 Å². The van der Waals surface area contributed by atoms with Crippen molar-refractivity contribution in [2.75, 3.05) is 20.3 Å². The second kappa shape index (κ2) is 8.79. The summed E-state index contributed by atoms with van der Waals surface area (Å²) in [4.78, 5) is 11.8. The molecule has 0 aliphatic carbocycles. The van der Waals surface area contributed by atoms with Gasteiger partial charge < -0.3 is 14.8 Å². The number of rotatable bonds is 7. The smallest absolute Gasteiger partial charge is 0.257 e. The van der Waals surface area contributed by atoms with Crippen molar-refractivity contribution < 1.29 is 14.3 Å². The molecule has 6 heteroatoms. The van der Waals surface area contributed by atoms with Crippen LogP contribution in [0.3, 0.4) is 0 Å². The molecule has 0 aliphatic heterocycles. The first-order valence-corrected chi connectivity index (χ1v) is 8.23. The summed E-state index contributed by atoms with van der Waals surface area (Å²) in [5, 5.41) is 3.43. The maximum atomic E-state index is 11.8. The highest BCUT2D eigenvalue weighted by Gasteiger charge is 2.06. The second-order valence-electron chi connectivity index (χ2n) is 4.81. The van der Waals surface area contributed by atoms with Gasteiger partial charge in [0, 0.05) is 11.6 Å². The van der Waals surface area contributed by atoms with Gasteiger partial charge in [0.15, 0.2) is 6.61 Å². The maximum absolute atomic E-state index is 11.8. The Morgan fingerprint density at radius 3 is 2.61 bits per heavy atom. The Morgan fingerprint density at radius 2 is 1.96 bits per heavy atom. The molecule has 0 unspecified atom stereocenters. The van der Waals surface area contributed by atoms with E-state index in [2.05, 4.69) is 21.2 Å². The van der Waals surface area contributed by atoms with Crippen LogP contribution in [0.15, 0.2) is 46.9 Å². The standard InChI is InChI=1S/C17H17BrClNO3/c1-22-14-5-2-12(3-6-14)8-9-20-17(21)11-23-16-7-4-13(19)10-15(16)18/h2-7,10H,8-9,11H2,1H3,(H,20,21). The Balaban J connectivity index is 1.72. The van der Waals surface area contributed by atoms with E-state index in [9.17, 15) is 4.79 Å². The number of methoxy groups -OCH3 is 1. The first-order chi connectivity index (χ1) is 11.1. The number of hydrogen-bond acceptors (Lipinski definition) is 3. The minimum atomic E-state index is -0.166. The molecule has 0 heterocycles. The highest BCUT2D eigenvalue weighted by molar-refractivity contribution is 9.10. The summed E-state index contributed by atoms with van der Waals surface area (Å²) < 4.78 is 11.3. The van der Waals surface area contributed by atoms with Gasteiger partial charge in [0.05, 0.1) is 11.6 Å². The Labute approximate surface area is 148 Å². The maximum Gasteiger partial charge on any atom is 0.257 e. The quantitative estimate of drug-likeness (QED) is 0.770. The SMILES string of the molecule is COc1ccc(CCNC(=O)COc2ccc(Cl)cc2Br)cc1. The Morgan fingerprint density at radius 1 is 1.22 bits per heavy atom. The molecule has 0 atom stereocenters. The molecule has 0 bridgehead atoms. The Bertz CT molecular complexity index is 661. The van der Waals surface area contributed by atoms with Crippen molar-refractivity contribution in [3.8, 4) is 11.5 Å². The van der Waals surface area contributed by atoms with Crippen LogP contribution in [0.5, 0.6) is 11.5 Å². The molecule has 1 amide bonds. The minimum Gasteiger partial charge on any atom is -0.497 e. The van der Waals surface area contributed by atoms with Gasteiger partial charge in [-0.1, -0.05) is 23.7 Å². The molecule has 0 aliphatic rings. The fourth-order valence-electron chi connectivity index (χ4n) is 1.93. The van der Waals surface area contributed by atoms with Crippen LogP contribution in [0.1, 0.15) is 5.56 Å². The van der Waals surface area contributed by atoms with E-state index in [1.54, 1.807) is 25.3 Å². The summed E-state index contributed by atoms with van der Waals surface area (Å²) in [6, 6.07) is 12.9. The number of nitrogens with one attached hydrogen (secondary N) is 1. The third-order valence-corrected chi connectivity index (χ3v) is 4.00. The lowest BCUT2D eigenvalue weighted by Gasteiger charge is -2.09. The fourth-order valence-corrected chi connectivity index (χ4v) is 2.72. The van der Waals surface area contributed by atoms with Gasteiger partial charge in [-0.25, -0.2) is 0 Å². The lowest BCUT2D eigenvalue weighted by molar-refractivity contribution is -0.123. The predicted octanol–water partition coefficient (Wildman–Crippen LogP) is 3.85. The van der Waals surface area contributed by atoms with Crippen LogP contribution in [0.2, 0.25) is 5.02 Å². The topological polar surface area (TPSA) is 47.6 Å². The van der Waals surface area contributed by atoms with Crippen LogP contribution in [0.25, 0.3) is 0 Å². The Hall–Kier alpha value is -1.72. The van der Waals surface area contributed by atoms with Gasteiger partial charge >= 0.3 is 0 Å². The molecule has 0 saturated heterocycles. The largest absolute Gasteiger partial charge is 0.497 e. The van der Waals surface area contributed by atoms with Gasteiger partial charge in [0.1, 0.15) is 11.5 Å². The molecular formula is C17H17BrClNO3. The molecule has 0 fully saturated rings. The fraction of sp³-hybridized carbons (Fsp3) is 0.235. The number of halogens is 2. The van der Waals surface area contributed by atoms with Crippen molar-refractivity contribution in [1.29, 1.82) is 0 Å². The lowest BCUT2D eigenvalue weighted by Crippen LogP contribution is -2.30. The van der Waals surface area contributed by atoms with Crippen LogP contribution in [-0.4, -0.2) is 26.2 Å². The summed E-state index contributed by atoms with van der Waals surface area (Å²) in [6.07, 6.45) is 0.750. The van der Waals surface area contributed by atoms with Gasteiger partial charge in [0.2, 0.25) is 0 Å². The van der Waals surface area contributed by atoms with Crippen LogP contribution in [0, 0.1) is 0 Å². The zero-order valence-corrected chi connectivity index (χ0v) is 15.0. The number of carbonyl (C=O) groups is 1. The van der Waals surface area contributed by atoms with Crippen LogP contribution in [-0.2, 0) is 11.2 Å². The first-order valence-electron chi connectivity index (χ1n) is 7.06. The summed E-state index contributed by atoms with van der Waals surface area (Å²) in [6.45, 7) is 0.513. The number of hydrogen-bond donors (Lipinski definition) is 1. The molecule has 2 rings (SSSR count). The van der Waals surface area contributed by atoms with Gasteiger partial charge in [-0.2, -0.15) is 0 Å². The summed E-state index contributed by atoms with van der Waals surface area (Å²) >= 11 is 9.19. The van der Waals surface area contributed by atoms with Crippen molar-refractivity contribution in [2.24, 2.45) is 0 Å². The third kappa shape index (κ3) is 5.77. The normalized spacial score (nSPS) is 10.2. The van der Waals surface area contributed by atoms with Gasteiger partial charge in [-0.15, -0.1) is 0 Å². The number of carbonyl (C=O) groups excluding carboxylic acids is 1. The first kappa shape index (κ1) is 17.6. The monoisotopic (exact) mass is 397 g/mol. The highest BCUT2D eigenvalue weighted by atomic mass is 79.9. The van der Waals surface area contributed by atoms with E-state index < -0.39 is 0 Å². The molecule has 2 aromatic carbocycles. The molecule has 0 saturated carbocycles. The molecule has 122 valence electrons. The van der Waals surface area contributed by atoms with E-state index in [0.717, 1.165) is 22.2 Å². The Kier molecular flexibility index (Phi) is 6.74. The van der Waals surface area contributed by atoms with Gasteiger partial charge in [0.25, 0.3) is 5.91 Å². The minimum absolute atomic E-state index is 0.0388. The van der Waals surface area contributed by atoms with Crippen LogP contribution in [0.4, 0.5) is 0 Å². The van der Waals surface area contributed by atoms with E-state index in [0.29, 0.717) is 17.3 Å². The highest BCUT2D eigenvalue weighted by Crippen LogP contribution is 2.27. The van der Waals surface area contributed by atoms with Crippen molar-refractivity contribution in [3.63, 3.8) is 0 Å². The van der Waals surface area contributed by atoms with E-state index in [1.165, 1.54) is 0 Å². The second-order valence-corrected chi connectivity index (χ2v) is 6.10. The molecule has 23 heavy (non-hydrogen) atoms. The average Bonchev–Trinajstić information content (AvgIpc) is 2.54.